The van der Waals surface area contributed by atoms with Crippen molar-refractivity contribution in [3.05, 3.63) is 9.81 Å². The first-order chi connectivity index (χ1) is 5.13. The van der Waals surface area contributed by atoms with Crippen molar-refractivity contribution in [3.8, 4) is 0 Å². The highest BCUT2D eigenvalue weighted by Gasteiger charge is 2.41. The monoisotopic (exact) mass is 160 g/mol. The Balaban J connectivity index is 4.59. The van der Waals surface area contributed by atoms with Crippen molar-refractivity contribution in [2.24, 2.45) is 10.4 Å². The van der Waals surface area contributed by atoms with E-state index in [1.165, 1.54) is 0 Å². The highest BCUT2D eigenvalue weighted by molar-refractivity contribution is 5.78. The number of hydrogen-bond donors (Lipinski definition) is 1. The molecule has 0 heterocycles. The third-order valence-electron chi connectivity index (χ3n) is 1.24. The molecule has 0 aliphatic heterocycles. The van der Waals surface area contributed by atoms with E-state index < -0.39 is 11.6 Å². The maximum absolute atomic E-state index is 10.3. The van der Waals surface area contributed by atoms with Crippen molar-refractivity contribution in [1.29, 1.82) is 0 Å². The summed E-state index contributed by atoms with van der Waals surface area (Å²) in [5, 5.41) is 12.8. The topological polar surface area (TPSA) is 96.2 Å². The number of rotatable bonds is 5. The third-order valence-corrected chi connectivity index (χ3v) is 1.24. The molecule has 1 N–H and O–H groups in total. The van der Waals surface area contributed by atoms with Crippen LogP contribution >= 0.6 is 0 Å². The molecule has 0 aromatic heterocycles. The molecule has 0 spiro atoms. The number of carboxylic acids is 1. The minimum atomic E-state index is -2.31. The molecule has 0 atom stereocenters. The van der Waals surface area contributed by atoms with Gasteiger partial charge in [-0.2, -0.15) is 0 Å². The van der Waals surface area contributed by atoms with Crippen LogP contribution in [0.1, 0.15) is 19.8 Å². The zero-order chi connectivity index (χ0) is 8.91. The minimum Gasteiger partial charge on any atom is -0.478 e. The molecule has 0 fully saturated rings. The van der Waals surface area contributed by atoms with Crippen molar-refractivity contribution >= 4 is 5.97 Å². The summed E-state index contributed by atoms with van der Waals surface area (Å²) in [4.78, 5) is 30.2. The van der Waals surface area contributed by atoms with Crippen LogP contribution in [0.2, 0.25) is 0 Å². The Bertz CT molecular complexity index is 171. The van der Waals surface area contributed by atoms with Gasteiger partial charge < -0.3 is 5.11 Å². The number of carboxylic acid groups (broad SMARTS) is 1. The highest BCUT2D eigenvalue weighted by Crippen LogP contribution is 2.19. The molecule has 62 valence electrons. The summed E-state index contributed by atoms with van der Waals surface area (Å²) in [7, 11) is 0. The number of aliphatic carboxylic acids is 1. The van der Waals surface area contributed by atoms with Gasteiger partial charge in [0.2, 0.25) is 0 Å². The standard InChI is InChI=1S/C5H8N2O4/c1-2-3-5(6-10,7-11)4(8)9/h2-3H2,1H3,(H,8,9). The number of nitrogens with zero attached hydrogens (tertiary/aromatic N) is 2. The van der Waals surface area contributed by atoms with Gasteiger partial charge in [-0.1, -0.05) is 13.3 Å². The van der Waals surface area contributed by atoms with Crippen molar-refractivity contribution in [2.45, 2.75) is 25.4 Å². The van der Waals surface area contributed by atoms with E-state index in [9.17, 15) is 14.6 Å². The lowest BCUT2D eigenvalue weighted by atomic mass is 10.1. The largest absolute Gasteiger partial charge is 0.478 e. The van der Waals surface area contributed by atoms with E-state index in [0.717, 1.165) is 0 Å². The van der Waals surface area contributed by atoms with Gasteiger partial charge >= 0.3 is 11.6 Å². The normalized spacial score (nSPS) is 10.6. The van der Waals surface area contributed by atoms with Gasteiger partial charge in [-0.15, -0.1) is 9.81 Å². The second kappa shape index (κ2) is 3.75. The molecular formula is C5H8N2O4. The van der Waals surface area contributed by atoms with Crippen LogP contribution < -0.4 is 0 Å². The average Bonchev–Trinajstić information content (AvgIpc) is 2.00. The van der Waals surface area contributed by atoms with Gasteiger partial charge in [0.05, 0.1) is 0 Å². The molecule has 11 heavy (non-hydrogen) atoms. The molecule has 0 aromatic carbocycles. The van der Waals surface area contributed by atoms with Gasteiger partial charge in [0.25, 0.3) is 0 Å². The van der Waals surface area contributed by atoms with Gasteiger partial charge in [0, 0.05) is 6.42 Å². The van der Waals surface area contributed by atoms with E-state index in [-0.39, 0.29) is 6.42 Å². The third kappa shape index (κ3) is 1.79. The molecule has 0 saturated carbocycles. The second-order valence-corrected chi connectivity index (χ2v) is 2.05. The van der Waals surface area contributed by atoms with Crippen LogP contribution in [-0.2, 0) is 4.79 Å². The Morgan fingerprint density at radius 1 is 1.45 bits per heavy atom. The quantitative estimate of drug-likeness (QED) is 0.609. The molecule has 0 radical (unpaired) electrons. The van der Waals surface area contributed by atoms with Crippen molar-refractivity contribution in [3.63, 3.8) is 0 Å². The van der Waals surface area contributed by atoms with Crippen LogP contribution in [0, 0.1) is 9.81 Å². The zero-order valence-corrected chi connectivity index (χ0v) is 5.98. The van der Waals surface area contributed by atoms with Crippen LogP contribution in [0.15, 0.2) is 10.4 Å². The molecular weight excluding hydrogens is 152 g/mol. The fourth-order valence-corrected chi connectivity index (χ4v) is 0.642. The summed E-state index contributed by atoms with van der Waals surface area (Å²) >= 11 is 0. The van der Waals surface area contributed by atoms with Crippen LogP contribution in [-0.4, -0.2) is 16.7 Å². The summed E-state index contributed by atoms with van der Waals surface area (Å²) in [6, 6.07) is 0. The molecule has 6 nitrogen and oxygen atoms in total. The lowest BCUT2D eigenvalue weighted by Gasteiger charge is -2.09. The molecule has 0 bridgehead atoms. The average molecular weight is 160 g/mol. The van der Waals surface area contributed by atoms with Crippen molar-refractivity contribution in [1.82, 2.24) is 0 Å². The van der Waals surface area contributed by atoms with E-state index in [4.69, 9.17) is 5.11 Å². The maximum Gasteiger partial charge on any atom is 0.361 e. The predicted molar refractivity (Wildman–Crippen MR) is 36.9 cm³/mol. The molecule has 6 heteroatoms. The first-order valence-electron chi connectivity index (χ1n) is 3.05. The first-order valence-corrected chi connectivity index (χ1v) is 3.05. The van der Waals surface area contributed by atoms with Gasteiger partial charge in [0.15, 0.2) is 0 Å². The summed E-state index contributed by atoms with van der Waals surface area (Å²) in [5.41, 5.74) is -2.31. The van der Waals surface area contributed by atoms with E-state index in [0.29, 0.717) is 6.42 Å². The summed E-state index contributed by atoms with van der Waals surface area (Å²) < 4.78 is 0. The summed E-state index contributed by atoms with van der Waals surface area (Å²) in [6.45, 7) is 1.63. The molecule has 0 amide bonds. The molecule has 0 aromatic rings. The van der Waals surface area contributed by atoms with E-state index >= 15 is 0 Å². The van der Waals surface area contributed by atoms with Crippen molar-refractivity contribution in [2.75, 3.05) is 0 Å². The Morgan fingerprint density at radius 2 is 1.91 bits per heavy atom. The first kappa shape index (κ1) is 9.67. The number of hydrogen-bond acceptors (Lipinski definition) is 5. The molecule has 0 saturated heterocycles. The highest BCUT2D eigenvalue weighted by atomic mass is 16.4. The van der Waals surface area contributed by atoms with Gasteiger partial charge in [-0.25, -0.2) is 4.79 Å². The Labute approximate surface area is 62.5 Å². The fraction of sp³-hybridized carbons (Fsp3) is 0.800. The fourth-order valence-electron chi connectivity index (χ4n) is 0.642. The zero-order valence-electron chi connectivity index (χ0n) is 5.98. The molecule has 0 aliphatic rings. The van der Waals surface area contributed by atoms with Gasteiger partial charge in [-0.3, -0.25) is 0 Å². The van der Waals surface area contributed by atoms with Gasteiger partial charge in [-0.05, 0) is 10.4 Å². The summed E-state index contributed by atoms with van der Waals surface area (Å²) in [6.07, 6.45) is 0.207. The van der Waals surface area contributed by atoms with Crippen LogP contribution in [0.4, 0.5) is 0 Å². The second-order valence-electron chi connectivity index (χ2n) is 2.05. The van der Waals surface area contributed by atoms with Crippen molar-refractivity contribution < 1.29 is 9.90 Å². The lowest BCUT2D eigenvalue weighted by Crippen LogP contribution is -2.33. The smallest absolute Gasteiger partial charge is 0.361 e. The SMILES string of the molecule is CCCC(N=O)(N=O)C(=O)O. The van der Waals surface area contributed by atoms with Gasteiger partial charge in [0.1, 0.15) is 0 Å². The summed E-state index contributed by atoms with van der Waals surface area (Å²) in [5.74, 6) is -1.59. The molecule has 0 rings (SSSR count). The van der Waals surface area contributed by atoms with E-state index in [1.807, 2.05) is 0 Å². The molecule has 0 unspecified atom stereocenters. The predicted octanol–water partition coefficient (Wildman–Crippen LogP) is 1.10. The van der Waals surface area contributed by atoms with Crippen LogP contribution in [0.3, 0.4) is 0 Å². The number of carbonyl (C=O) groups is 1. The lowest BCUT2D eigenvalue weighted by molar-refractivity contribution is -0.143. The Hall–Kier alpha value is -1.33. The minimum absolute atomic E-state index is 0.157. The Morgan fingerprint density at radius 3 is 2.00 bits per heavy atom. The van der Waals surface area contributed by atoms with Crippen LogP contribution in [0.5, 0.6) is 0 Å². The maximum atomic E-state index is 10.3. The Kier molecular flexibility index (Phi) is 3.29. The molecule has 0 aliphatic carbocycles. The van der Waals surface area contributed by atoms with E-state index in [1.54, 1.807) is 6.92 Å². The number of nitroso groups, excluding NO2 is 2. The van der Waals surface area contributed by atoms with E-state index in [2.05, 4.69) is 10.4 Å². The van der Waals surface area contributed by atoms with Crippen LogP contribution in [0.25, 0.3) is 0 Å².